The SMILES string of the molecule is C#CC(CC)(CC)NC(=O)CSCCC(N)C(=O)OCC. The molecule has 0 bridgehead atoms. The van der Waals surface area contributed by atoms with Crippen molar-refractivity contribution in [3.63, 3.8) is 0 Å². The summed E-state index contributed by atoms with van der Waals surface area (Å²) in [4.78, 5) is 23.2. The Kier molecular flexibility index (Phi) is 9.93. The van der Waals surface area contributed by atoms with E-state index >= 15 is 0 Å². The Balaban J connectivity index is 4.01. The van der Waals surface area contributed by atoms with Gasteiger partial charge in [0, 0.05) is 0 Å². The normalized spacial score (nSPS) is 12.3. The van der Waals surface area contributed by atoms with E-state index in [1.807, 2.05) is 13.8 Å². The number of carbonyl (C=O) groups excluding carboxylic acids is 2. The van der Waals surface area contributed by atoms with Crippen molar-refractivity contribution in [1.82, 2.24) is 5.32 Å². The summed E-state index contributed by atoms with van der Waals surface area (Å²) in [6, 6.07) is -0.628. The zero-order chi connectivity index (χ0) is 16.3. The molecule has 0 aromatic rings. The number of nitrogens with two attached hydrogens (primary N) is 1. The Morgan fingerprint density at radius 2 is 2.00 bits per heavy atom. The smallest absolute Gasteiger partial charge is 0.322 e. The first-order valence-corrected chi connectivity index (χ1v) is 8.38. The Morgan fingerprint density at radius 1 is 1.38 bits per heavy atom. The summed E-state index contributed by atoms with van der Waals surface area (Å²) in [6.45, 7) is 5.97. The van der Waals surface area contributed by atoms with E-state index in [-0.39, 0.29) is 5.91 Å². The predicted molar refractivity (Wildman–Crippen MR) is 86.8 cm³/mol. The van der Waals surface area contributed by atoms with Gasteiger partial charge in [0.05, 0.1) is 12.4 Å². The van der Waals surface area contributed by atoms with E-state index in [1.54, 1.807) is 6.92 Å². The van der Waals surface area contributed by atoms with Crippen molar-refractivity contribution >= 4 is 23.6 Å². The first kappa shape index (κ1) is 19.8. The minimum Gasteiger partial charge on any atom is -0.465 e. The molecule has 0 saturated heterocycles. The van der Waals surface area contributed by atoms with Crippen LogP contribution in [0.25, 0.3) is 0 Å². The van der Waals surface area contributed by atoms with Crippen LogP contribution in [0.4, 0.5) is 0 Å². The number of hydrogen-bond donors (Lipinski definition) is 2. The van der Waals surface area contributed by atoms with Crippen molar-refractivity contribution < 1.29 is 14.3 Å². The lowest BCUT2D eigenvalue weighted by Crippen LogP contribution is -2.47. The van der Waals surface area contributed by atoms with Gasteiger partial charge >= 0.3 is 5.97 Å². The van der Waals surface area contributed by atoms with Gasteiger partial charge in [0.25, 0.3) is 0 Å². The Labute approximate surface area is 131 Å². The summed E-state index contributed by atoms with van der Waals surface area (Å²) in [5, 5.41) is 2.89. The van der Waals surface area contributed by atoms with Gasteiger partial charge < -0.3 is 15.8 Å². The van der Waals surface area contributed by atoms with Gasteiger partial charge in [0.15, 0.2) is 0 Å². The van der Waals surface area contributed by atoms with E-state index in [0.717, 1.165) is 0 Å². The third-order valence-electron chi connectivity index (χ3n) is 3.26. The minimum absolute atomic E-state index is 0.0913. The van der Waals surface area contributed by atoms with Gasteiger partial charge in [-0.1, -0.05) is 19.8 Å². The third kappa shape index (κ3) is 7.39. The molecule has 0 aliphatic carbocycles. The van der Waals surface area contributed by atoms with Crippen LogP contribution in [0.3, 0.4) is 0 Å². The quantitative estimate of drug-likeness (QED) is 0.361. The maximum atomic E-state index is 11.9. The van der Waals surface area contributed by atoms with Gasteiger partial charge in [-0.05, 0) is 31.9 Å². The molecule has 21 heavy (non-hydrogen) atoms. The lowest BCUT2D eigenvalue weighted by molar-refractivity contribution is -0.144. The largest absolute Gasteiger partial charge is 0.465 e. The number of amides is 1. The second kappa shape index (κ2) is 10.5. The van der Waals surface area contributed by atoms with Gasteiger partial charge in [-0.15, -0.1) is 6.42 Å². The molecule has 1 unspecified atom stereocenters. The highest BCUT2D eigenvalue weighted by atomic mass is 32.2. The zero-order valence-electron chi connectivity index (χ0n) is 13.1. The van der Waals surface area contributed by atoms with Gasteiger partial charge in [-0.25, -0.2) is 0 Å². The predicted octanol–water partition coefficient (Wildman–Crippen LogP) is 1.31. The van der Waals surface area contributed by atoms with E-state index in [2.05, 4.69) is 11.2 Å². The molecule has 0 aliphatic heterocycles. The molecule has 1 amide bonds. The summed E-state index contributed by atoms with van der Waals surface area (Å²) < 4.78 is 4.82. The highest BCUT2D eigenvalue weighted by Gasteiger charge is 2.25. The number of rotatable bonds is 10. The molecule has 0 spiro atoms. The van der Waals surface area contributed by atoms with Crippen LogP contribution in [0.1, 0.15) is 40.0 Å². The second-order valence-corrected chi connectivity index (χ2v) is 5.79. The number of terminal acetylenes is 1. The molecule has 120 valence electrons. The van der Waals surface area contributed by atoms with Crippen molar-refractivity contribution in [3.8, 4) is 12.3 Å². The highest BCUT2D eigenvalue weighted by Crippen LogP contribution is 2.14. The van der Waals surface area contributed by atoms with Crippen molar-refractivity contribution in [1.29, 1.82) is 0 Å². The Hall–Kier alpha value is -1.19. The molecule has 0 heterocycles. The fourth-order valence-electron chi connectivity index (χ4n) is 1.71. The van der Waals surface area contributed by atoms with E-state index in [4.69, 9.17) is 16.9 Å². The maximum absolute atomic E-state index is 11.9. The molecule has 0 aliphatic rings. The van der Waals surface area contributed by atoms with Gasteiger partial charge in [-0.3, -0.25) is 9.59 Å². The van der Waals surface area contributed by atoms with Crippen molar-refractivity contribution in [2.24, 2.45) is 5.73 Å². The van der Waals surface area contributed by atoms with Crippen LogP contribution in [-0.2, 0) is 14.3 Å². The molecular formula is C15H26N2O3S. The molecule has 0 rings (SSSR count). The lowest BCUT2D eigenvalue weighted by atomic mass is 9.94. The van der Waals surface area contributed by atoms with Gasteiger partial charge in [0.2, 0.25) is 5.91 Å². The van der Waals surface area contributed by atoms with Crippen LogP contribution < -0.4 is 11.1 Å². The number of esters is 1. The van der Waals surface area contributed by atoms with Crippen LogP contribution >= 0.6 is 11.8 Å². The van der Waals surface area contributed by atoms with Crippen LogP contribution in [0, 0.1) is 12.3 Å². The number of nitrogens with one attached hydrogen (secondary N) is 1. The molecule has 3 N–H and O–H groups in total. The van der Waals surface area contributed by atoms with Crippen LogP contribution in [0.2, 0.25) is 0 Å². The second-order valence-electron chi connectivity index (χ2n) is 4.68. The van der Waals surface area contributed by atoms with E-state index < -0.39 is 17.6 Å². The monoisotopic (exact) mass is 314 g/mol. The molecular weight excluding hydrogens is 288 g/mol. The number of hydrogen-bond acceptors (Lipinski definition) is 5. The number of thioether (sulfide) groups is 1. The maximum Gasteiger partial charge on any atom is 0.322 e. The fraction of sp³-hybridized carbons (Fsp3) is 0.733. The van der Waals surface area contributed by atoms with Gasteiger partial charge in [0.1, 0.15) is 11.6 Å². The van der Waals surface area contributed by atoms with Crippen LogP contribution in [-0.4, -0.2) is 41.6 Å². The molecule has 5 nitrogen and oxygen atoms in total. The average molecular weight is 314 g/mol. The summed E-state index contributed by atoms with van der Waals surface area (Å²) in [5.41, 5.74) is 5.11. The van der Waals surface area contributed by atoms with E-state index in [1.165, 1.54) is 11.8 Å². The first-order chi connectivity index (χ1) is 9.94. The summed E-state index contributed by atoms with van der Waals surface area (Å²) in [5.74, 6) is 3.10. The lowest BCUT2D eigenvalue weighted by Gasteiger charge is -2.26. The topological polar surface area (TPSA) is 81.4 Å². The molecule has 6 heteroatoms. The molecule has 0 fully saturated rings. The van der Waals surface area contributed by atoms with E-state index in [9.17, 15) is 9.59 Å². The first-order valence-electron chi connectivity index (χ1n) is 7.23. The molecule has 0 aromatic carbocycles. The molecule has 1 atom stereocenters. The van der Waals surface area contributed by atoms with Crippen LogP contribution in [0.15, 0.2) is 0 Å². The van der Waals surface area contributed by atoms with Crippen molar-refractivity contribution in [2.45, 2.75) is 51.6 Å². The average Bonchev–Trinajstić information content (AvgIpc) is 2.49. The summed E-state index contributed by atoms with van der Waals surface area (Å²) in [7, 11) is 0. The summed E-state index contributed by atoms with van der Waals surface area (Å²) in [6.07, 6.45) is 7.38. The number of carbonyl (C=O) groups is 2. The Morgan fingerprint density at radius 3 is 2.48 bits per heavy atom. The minimum atomic E-state index is -0.628. The fourth-order valence-corrected chi connectivity index (χ4v) is 2.53. The zero-order valence-corrected chi connectivity index (χ0v) is 13.9. The van der Waals surface area contributed by atoms with Crippen molar-refractivity contribution in [2.75, 3.05) is 18.1 Å². The van der Waals surface area contributed by atoms with Crippen LogP contribution in [0.5, 0.6) is 0 Å². The van der Waals surface area contributed by atoms with E-state index in [0.29, 0.717) is 37.4 Å². The van der Waals surface area contributed by atoms with Gasteiger partial charge in [-0.2, -0.15) is 11.8 Å². The molecule has 0 aromatic heterocycles. The summed E-state index contributed by atoms with van der Waals surface area (Å²) >= 11 is 1.43. The van der Waals surface area contributed by atoms with Crippen molar-refractivity contribution in [3.05, 3.63) is 0 Å². The molecule has 0 saturated carbocycles. The standard InChI is InChI=1S/C15H26N2O3S/c1-5-15(6-2,7-3)17-13(18)11-21-10-9-12(16)14(19)20-8-4/h1,12H,6-11,16H2,2-4H3,(H,17,18). The third-order valence-corrected chi connectivity index (χ3v) is 4.25. The Bertz CT molecular complexity index is 376. The molecule has 0 radical (unpaired) electrons. The number of ether oxygens (including phenoxy) is 1. The highest BCUT2D eigenvalue weighted by molar-refractivity contribution is 7.99.